The Hall–Kier alpha value is -1.19. The van der Waals surface area contributed by atoms with Gasteiger partial charge in [0.05, 0.1) is 6.04 Å². The molecule has 1 unspecified atom stereocenters. The minimum Gasteiger partial charge on any atom is -0.309 e. The van der Waals surface area contributed by atoms with Gasteiger partial charge in [-0.1, -0.05) is 39.7 Å². The lowest BCUT2D eigenvalue weighted by Crippen LogP contribution is -2.19. The lowest BCUT2D eigenvalue weighted by Gasteiger charge is -2.21. The maximum absolute atomic E-state index is 13.5. The highest BCUT2D eigenvalue weighted by molar-refractivity contribution is 9.10. The first-order chi connectivity index (χ1) is 9.02. The number of hydrogen-bond donors (Lipinski definition) is 1. The van der Waals surface area contributed by atoms with Crippen LogP contribution in [0.2, 0.25) is 0 Å². The highest BCUT2D eigenvalue weighted by Crippen LogP contribution is 2.31. The highest BCUT2D eigenvalue weighted by Gasteiger charge is 2.17. The van der Waals surface area contributed by atoms with Gasteiger partial charge in [-0.2, -0.15) is 0 Å². The van der Waals surface area contributed by atoms with Gasteiger partial charge in [0.15, 0.2) is 0 Å². The van der Waals surface area contributed by atoms with Gasteiger partial charge < -0.3 is 5.32 Å². The van der Waals surface area contributed by atoms with Crippen LogP contribution in [-0.2, 0) is 0 Å². The molecule has 1 atom stereocenters. The van der Waals surface area contributed by atoms with E-state index in [1.807, 2.05) is 26.1 Å². The number of aryl methyl sites for hydroxylation is 2. The molecule has 3 heteroatoms. The van der Waals surface area contributed by atoms with Gasteiger partial charge in [0.2, 0.25) is 0 Å². The predicted octanol–water partition coefficient (Wildman–Crippen LogP) is 4.51. The number of halogens is 2. The molecule has 2 rings (SSSR count). The third-order valence-corrected chi connectivity index (χ3v) is 4.03. The summed E-state index contributed by atoms with van der Waals surface area (Å²) in [5.74, 6) is -0.204. The van der Waals surface area contributed by atoms with E-state index in [1.165, 1.54) is 11.6 Å². The zero-order valence-corrected chi connectivity index (χ0v) is 12.9. The molecule has 0 aliphatic rings. The fourth-order valence-electron chi connectivity index (χ4n) is 2.29. The predicted molar refractivity (Wildman–Crippen MR) is 80.9 cm³/mol. The lowest BCUT2D eigenvalue weighted by molar-refractivity contribution is 0.614. The van der Waals surface area contributed by atoms with Gasteiger partial charge in [-0.3, -0.25) is 0 Å². The first kappa shape index (κ1) is 14.2. The Labute approximate surface area is 122 Å². The van der Waals surface area contributed by atoms with Crippen LogP contribution in [-0.4, -0.2) is 7.05 Å². The monoisotopic (exact) mass is 321 g/mol. The van der Waals surface area contributed by atoms with Crippen molar-refractivity contribution in [3.63, 3.8) is 0 Å². The number of hydrogen-bond acceptors (Lipinski definition) is 1. The van der Waals surface area contributed by atoms with E-state index in [-0.39, 0.29) is 11.9 Å². The van der Waals surface area contributed by atoms with Crippen LogP contribution < -0.4 is 5.32 Å². The van der Waals surface area contributed by atoms with Crippen LogP contribution in [0, 0.1) is 19.7 Å². The zero-order valence-electron chi connectivity index (χ0n) is 11.3. The van der Waals surface area contributed by atoms with Crippen molar-refractivity contribution >= 4 is 15.9 Å². The van der Waals surface area contributed by atoms with Crippen molar-refractivity contribution in [1.82, 2.24) is 5.32 Å². The molecule has 0 aliphatic carbocycles. The minimum absolute atomic E-state index is 0.0232. The number of rotatable bonds is 3. The number of nitrogens with one attached hydrogen (secondary N) is 1. The molecule has 19 heavy (non-hydrogen) atoms. The van der Waals surface area contributed by atoms with E-state index >= 15 is 0 Å². The lowest BCUT2D eigenvalue weighted by atomic mass is 9.94. The summed E-state index contributed by atoms with van der Waals surface area (Å²) in [6.45, 7) is 4.06. The van der Waals surface area contributed by atoms with Gasteiger partial charge in [0.1, 0.15) is 5.82 Å². The van der Waals surface area contributed by atoms with Crippen LogP contribution in [0.5, 0.6) is 0 Å². The molecule has 0 aliphatic heterocycles. The van der Waals surface area contributed by atoms with E-state index in [0.717, 1.165) is 21.2 Å². The van der Waals surface area contributed by atoms with Crippen molar-refractivity contribution in [2.75, 3.05) is 7.05 Å². The fraction of sp³-hybridized carbons (Fsp3) is 0.250. The first-order valence-corrected chi connectivity index (χ1v) is 7.01. The van der Waals surface area contributed by atoms with Gasteiger partial charge in [0, 0.05) is 4.47 Å². The summed E-state index contributed by atoms with van der Waals surface area (Å²) in [7, 11) is 1.89. The van der Waals surface area contributed by atoms with E-state index in [9.17, 15) is 4.39 Å². The van der Waals surface area contributed by atoms with Crippen LogP contribution in [0.3, 0.4) is 0 Å². The van der Waals surface area contributed by atoms with Crippen molar-refractivity contribution in [2.24, 2.45) is 0 Å². The first-order valence-electron chi connectivity index (χ1n) is 6.22. The van der Waals surface area contributed by atoms with Crippen LogP contribution >= 0.6 is 15.9 Å². The molecule has 1 N–H and O–H groups in total. The molecule has 0 fully saturated rings. The zero-order chi connectivity index (χ0) is 14.0. The third kappa shape index (κ3) is 3.04. The maximum Gasteiger partial charge on any atom is 0.123 e. The maximum atomic E-state index is 13.5. The molecule has 2 aromatic rings. The minimum atomic E-state index is -0.204. The quantitative estimate of drug-likeness (QED) is 0.876. The summed E-state index contributed by atoms with van der Waals surface area (Å²) in [4.78, 5) is 0. The van der Waals surface area contributed by atoms with Crippen molar-refractivity contribution in [1.29, 1.82) is 0 Å². The molecule has 1 nitrogen and oxygen atoms in total. The summed E-state index contributed by atoms with van der Waals surface area (Å²) < 4.78 is 14.5. The van der Waals surface area contributed by atoms with Gasteiger partial charge in [-0.25, -0.2) is 4.39 Å². The van der Waals surface area contributed by atoms with Crippen LogP contribution in [0.4, 0.5) is 4.39 Å². The van der Waals surface area contributed by atoms with E-state index in [1.54, 1.807) is 6.07 Å². The summed E-state index contributed by atoms with van der Waals surface area (Å²) >= 11 is 3.58. The van der Waals surface area contributed by atoms with E-state index < -0.39 is 0 Å². The molecule has 0 spiro atoms. The fourth-order valence-corrected chi connectivity index (χ4v) is 2.76. The molecule has 0 radical (unpaired) electrons. The SMILES string of the molecule is CNC(c1cc(F)ccc1C)c1cc(C)ccc1Br. The molecule has 0 amide bonds. The Morgan fingerprint density at radius 1 is 1.05 bits per heavy atom. The van der Waals surface area contributed by atoms with Gasteiger partial charge in [0.25, 0.3) is 0 Å². The van der Waals surface area contributed by atoms with E-state index in [0.29, 0.717) is 0 Å². The second-order valence-corrected chi connectivity index (χ2v) is 5.60. The Balaban J connectivity index is 2.55. The standard InChI is InChI=1S/C16H17BrFN/c1-10-4-7-15(17)14(8-10)16(19-3)13-9-12(18)6-5-11(13)2/h4-9,16,19H,1-3H3. The molecular weight excluding hydrogens is 305 g/mol. The van der Waals surface area contributed by atoms with Crippen molar-refractivity contribution < 1.29 is 4.39 Å². The average molecular weight is 322 g/mol. The normalized spacial score (nSPS) is 12.5. The van der Waals surface area contributed by atoms with Crippen molar-refractivity contribution in [3.8, 4) is 0 Å². The topological polar surface area (TPSA) is 12.0 Å². The second kappa shape index (κ2) is 5.85. The molecular formula is C16H17BrFN. The van der Waals surface area contributed by atoms with Gasteiger partial charge in [-0.15, -0.1) is 0 Å². The Kier molecular flexibility index (Phi) is 4.38. The molecule has 2 aromatic carbocycles. The molecule has 0 bridgehead atoms. The Morgan fingerprint density at radius 2 is 1.79 bits per heavy atom. The summed E-state index contributed by atoms with van der Waals surface area (Å²) in [5.41, 5.74) is 4.35. The summed E-state index contributed by atoms with van der Waals surface area (Å²) in [5, 5.41) is 3.27. The molecule has 0 saturated heterocycles. The van der Waals surface area contributed by atoms with Gasteiger partial charge >= 0.3 is 0 Å². The summed E-state index contributed by atoms with van der Waals surface area (Å²) in [6, 6.07) is 11.1. The molecule has 0 saturated carbocycles. The van der Waals surface area contributed by atoms with Crippen LogP contribution in [0.15, 0.2) is 40.9 Å². The molecule has 100 valence electrons. The number of benzene rings is 2. The molecule has 0 aromatic heterocycles. The Morgan fingerprint density at radius 3 is 2.47 bits per heavy atom. The Bertz CT molecular complexity index is 544. The highest BCUT2D eigenvalue weighted by atomic mass is 79.9. The molecule has 0 heterocycles. The van der Waals surface area contributed by atoms with E-state index in [2.05, 4.69) is 40.3 Å². The third-order valence-electron chi connectivity index (χ3n) is 3.30. The van der Waals surface area contributed by atoms with E-state index in [4.69, 9.17) is 0 Å². The van der Waals surface area contributed by atoms with Crippen molar-refractivity contribution in [3.05, 3.63) is 68.9 Å². The largest absolute Gasteiger partial charge is 0.309 e. The van der Waals surface area contributed by atoms with Gasteiger partial charge in [-0.05, 0) is 55.8 Å². The summed E-state index contributed by atoms with van der Waals surface area (Å²) in [6.07, 6.45) is 0. The smallest absolute Gasteiger partial charge is 0.123 e. The van der Waals surface area contributed by atoms with Crippen LogP contribution in [0.1, 0.15) is 28.3 Å². The van der Waals surface area contributed by atoms with Crippen LogP contribution in [0.25, 0.3) is 0 Å². The average Bonchev–Trinajstić information content (AvgIpc) is 2.38. The van der Waals surface area contributed by atoms with Crippen molar-refractivity contribution in [2.45, 2.75) is 19.9 Å². The second-order valence-electron chi connectivity index (χ2n) is 4.75.